The van der Waals surface area contributed by atoms with Crippen molar-refractivity contribution in [3.05, 3.63) is 53.7 Å². The lowest BCUT2D eigenvalue weighted by atomic mass is 10.3. The van der Waals surface area contributed by atoms with Gasteiger partial charge in [0.1, 0.15) is 11.5 Å². The summed E-state index contributed by atoms with van der Waals surface area (Å²) in [7, 11) is 0. The highest BCUT2D eigenvalue weighted by Crippen LogP contribution is 2.25. The molecule has 0 spiro atoms. The molecule has 0 aliphatic carbocycles. The molecule has 3 aromatic rings. The summed E-state index contributed by atoms with van der Waals surface area (Å²) in [5, 5.41) is 10.5. The van der Waals surface area contributed by atoms with Crippen LogP contribution in [0.15, 0.2) is 48.7 Å². The van der Waals surface area contributed by atoms with Crippen molar-refractivity contribution in [1.82, 2.24) is 15.3 Å². The van der Waals surface area contributed by atoms with E-state index in [1.165, 1.54) is 19.3 Å². The van der Waals surface area contributed by atoms with Crippen LogP contribution in [-0.2, 0) is 9.53 Å². The number of esters is 1. The number of aromatic nitrogens is 2. The van der Waals surface area contributed by atoms with Crippen molar-refractivity contribution in [2.24, 2.45) is 0 Å². The molecule has 2 aromatic carbocycles. The zero-order valence-corrected chi connectivity index (χ0v) is 15.7. The van der Waals surface area contributed by atoms with E-state index >= 15 is 0 Å². The highest BCUT2D eigenvalue weighted by atomic mass is 35.5. The third-order valence-electron chi connectivity index (χ3n) is 3.52. The quantitative estimate of drug-likeness (QED) is 0.292. The molecule has 0 fully saturated rings. The van der Waals surface area contributed by atoms with Crippen molar-refractivity contribution < 1.29 is 23.8 Å². The Morgan fingerprint density at radius 2 is 1.86 bits per heavy atom. The number of benzene rings is 2. The lowest BCUT2D eigenvalue weighted by Crippen LogP contribution is -2.31. The zero-order valence-electron chi connectivity index (χ0n) is 15.0. The molecule has 29 heavy (non-hydrogen) atoms. The second-order valence-electron chi connectivity index (χ2n) is 5.62. The number of nitrogens with zero attached hydrogens (tertiary/aromatic N) is 3. The van der Waals surface area contributed by atoms with E-state index in [1.54, 1.807) is 47.8 Å². The van der Waals surface area contributed by atoms with Crippen LogP contribution in [-0.4, -0.2) is 28.1 Å². The Balaban J connectivity index is 1.61. The lowest BCUT2D eigenvalue weighted by Gasteiger charge is -2.13. The predicted molar refractivity (Wildman–Crippen MR) is 101 cm³/mol. The predicted octanol–water partition coefficient (Wildman–Crippen LogP) is 3.58. The largest absolute Gasteiger partial charge is 0.479 e. The van der Waals surface area contributed by atoms with E-state index in [2.05, 4.69) is 14.7 Å². The molecule has 1 N–H and O–H groups in total. The van der Waals surface area contributed by atoms with Crippen molar-refractivity contribution in [3.63, 3.8) is 0 Å². The molecule has 1 heterocycles. The summed E-state index contributed by atoms with van der Waals surface area (Å²) in [6.45, 7) is 1.41. The van der Waals surface area contributed by atoms with Gasteiger partial charge in [0, 0.05) is 5.02 Å². The van der Waals surface area contributed by atoms with Gasteiger partial charge in [-0.1, -0.05) is 11.6 Å². The number of rotatable bonds is 5. The van der Waals surface area contributed by atoms with Gasteiger partial charge >= 0.3 is 12.1 Å². The van der Waals surface area contributed by atoms with Crippen LogP contribution >= 0.6 is 11.6 Å². The third kappa shape index (κ3) is 5.31. The Hall–Kier alpha value is -3.90. The van der Waals surface area contributed by atoms with E-state index < -0.39 is 18.2 Å². The number of carbonyl (C=O) groups excluding carboxylic acids is 2. The summed E-state index contributed by atoms with van der Waals surface area (Å²) in [6, 6.07) is 11.5. The highest BCUT2D eigenvalue weighted by Gasteiger charge is 2.20. The molecular formula is C19H13ClN4O5. The van der Waals surface area contributed by atoms with Gasteiger partial charge in [0.05, 0.1) is 17.2 Å². The normalized spacial score (nSPS) is 11.2. The number of nitriles is 1. The van der Waals surface area contributed by atoms with Gasteiger partial charge in [0.2, 0.25) is 5.88 Å². The number of ether oxygens (including phenoxy) is 3. The molecule has 3 rings (SSSR count). The molecule has 146 valence electrons. The number of alkyl carbamates (subject to hydrolysis) is 1. The lowest BCUT2D eigenvalue weighted by molar-refractivity contribution is -0.144. The van der Waals surface area contributed by atoms with Crippen molar-refractivity contribution in [3.8, 4) is 23.6 Å². The molecule has 9 nitrogen and oxygen atoms in total. The monoisotopic (exact) mass is 412 g/mol. The smallest absolute Gasteiger partial charge is 0.428 e. The average molecular weight is 413 g/mol. The summed E-state index contributed by atoms with van der Waals surface area (Å²) >= 11 is 5.92. The molecule has 0 bridgehead atoms. The minimum absolute atomic E-state index is 0.300. The Morgan fingerprint density at radius 3 is 2.59 bits per heavy atom. The van der Waals surface area contributed by atoms with Gasteiger partial charge in [-0.3, -0.25) is 0 Å². The van der Waals surface area contributed by atoms with Crippen molar-refractivity contribution in [2.45, 2.75) is 13.0 Å². The molecule has 1 atom stereocenters. The van der Waals surface area contributed by atoms with Gasteiger partial charge in [-0.15, -0.1) is 0 Å². The van der Waals surface area contributed by atoms with E-state index in [4.69, 9.17) is 26.3 Å². The second-order valence-corrected chi connectivity index (χ2v) is 6.06. The Kier molecular flexibility index (Phi) is 6.06. The van der Waals surface area contributed by atoms with Crippen molar-refractivity contribution in [2.75, 3.05) is 0 Å². The molecule has 0 aliphatic rings. The van der Waals surface area contributed by atoms with Crippen LogP contribution < -0.4 is 14.8 Å². The minimum atomic E-state index is -1.17. The van der Waals surface area contributed by atoms with Crippen molar-refractivity contribution in [1.29, 1.82) is 5.26 Å². The van der Waals surface area contributed by atoms with E-state index in [9.17, 15) is 9.59 Å². The first-order valence-corrected chi connectivity index (χ1v) is 8.60. The summed E-state index contributed by atoms with van der Waals surface area (Å²) in [4.78, 5) is 31.4. The third-order valence-corrected chi connectivity index (χ3v) is 3.76. The summed E-state index contributed by atoms with van der Waals surface area (Å²) in [5.74, 6) is 0.184. The molecule has 1 unspecified atom stereocenters. The first-order chi connectivity index (χ1) is 13.9. The van der Waals surface area contributed by atoms with E-state index in [1.807, 2.05) is 0 Å². The van der Waals surface area contributed by atoms with E-state index in [0.717, 1.165) is 0 Å². The van der Waals surface area contributed by atoms with E-state index in [0.29, 0.717) is 33.4 Å². The van der Waals surface area contributed by atoms with Crippen LogP contribution in [0.25, 0.3) is 11.0 Å². The van der Waals surface area contributed by atoms with Crippen LogP contribution in [0, 0.1) is 11.5 Å². The standard InChI is InChI=1S/C19H13ClN4O5/c1-11(18(25)29-19(26)23-10-21)27-13-3-5-14(6-4-13)28-17-9-22-16-8-12(20)2-7-15(16)24-17/h2-9,11H,1H3,(H,23,26). The Bertz CT molecular complexity index is 1100. The molecule has 0 saturated carbocycles. The maximum atomic E-state index is 11.7. The van der Waals surface area contributed by atoms with Crippen LogP contribution in [0.5, 0.6) is 17.4 Å². The number of carbonyl (C=O) groups is 2. The van der Waals surface area contributed by atoms with Crippen LogP contribution in [0.2, 0.25) is 5.02 Å². The minimum Gasteiger partial charge on any atom is -0.479 e. The van der Waals surface area contributed by atoms with Gasteiger partial charge in [-0.25, -0.2) is 24.9 Å². The number of amides is 1. The van der Waals surface area contributed by atoms with Gasteiger partial charge in [-0.2, -0.15) is 5.26 Å². The van der Waals surface area contributed by atoms with Crippen LogP contribution in [0.1, 0.15) is 6.92 Å². The van der Waals surface area contributed by atoms with E-state index in [-0.39, 0.29) is 0 Å². The average Bonchev–Trinajstić information content (AvgIpc) is 2.69. The number of halogens is 1. The Morgan fingerprint density at radius 1 is 1.14 bits per heavy atom. The molecule has 0 saturated heterocycles. The molecule has 0 radical (unpaired) electrons. The maximum Gasteiger partial charge on any atom is 0.428 e. The summed E-state index contributed by atoms with van der Waals surface area (Å²) in [5.41, 5.74) is 1.29. The summed E-state index contributed by atoms with van der Waals surface area (Å²) in [6.07, 6.45) is 0.596. The molecule has 1 aromatic heterocycles. The van der Waals surface area contributed by atoms with Crippen LogP contribution in [0.4, 0.5) is 4.79 Å². The van der Waals surface area contributed by atoms with Gasteiger partial charge < -0.3 is 14.2 Å². The number of hydrogen-bond acceptors (Lipinski definition) is 8. The zero-order chi connectivity index (χ0) is 20.8. The fourth-order valence-electron chi connectivity index (χ4n) is 2.22. The number of nitrogens with one attached hydrogen (secondary N) is 1. The fourth-order valence-corrected chi connectivity index (χ4v) is 2.39. The molecule has 10 heteroatoms. The molecular weight excluding hydrogens is 400 g/mol. The molecule has 1 amide bonds. The maximum absolute atomic E-state index is 11.7. The first kappa shape index (κ1) is 19.9. The molecule has 0 aliphatic heterocycles. The van der Waals surface area contributed by atoms with Crippen LogP contribution in [0.3, 0.4) is 0 Å². The topological polar surface area (TPSA) is 123 Å². The van der Waals surface area contributed by atoms with Gasteiger partial charge in [-0.05, 0) is 49.4 Å². The summed E-state index contributed by atoms with van der Waals surface area (Å²) < 4.78 is 15.4. The second kappa shape index (κ2) is 8.86. The Labute approximate surface area is 169 Å². The van der Waals surface area contributed by atoms with Gasteiger partial charge in [0.15, 0.2) is 12.3 Å². The van der Waals surface area contributed by atoms with Crippen molar-refractivity contribution >= 4 is 34.7 Å². The number of hydrogen-bond donors (Lipinski definition) is 1. The number of fused-ring (bicyclic) bond motifs is 1. The fraction of sp³-hybridized carbons (Fsp3) is 0.105. The highest BCUT2D eigenvalue weighted by molar-refractivity contribution is 6.31. The van der Waals surface area contributed by atoms with Gasteiger partial charge in [0.25, 0.3) is 0 Å². The SMILES string of the molecule is CC(Oc1ccc(Oc2cnc3cc(Cl)ccc3n2)cc1)C(=O)OC(=O)NC#N. The first-order valence-electron chi connectivity index (χ1n) is 8.22.